The molecular formula is C18H15ClN2O3S2. The maximum absolute atomic E-state index is 12.2. The molecule has 1 aromatic carbocycles. The molecule has 0 spiro atoms. The molecule has 134 valence electrons. The third-order valence-electron chi connectivity index (χ3n) is 3.49. The van der Waals surface area contributed by atoms with Crippen LogP contribution in [0.1, 0.15) is 20.9 Å². The highest BCUT2D eigenvalue weighted by Gasteiger charge is 2.18. The van der Waals surface area contributed by atoms with Crippen LogP contribution in [0, 0.1) is 6.92 Å². The zero-order valence-corrected chi connectivity index (χ0v) is 16.2. The molecule has 3 rings (SSSR count). The lowest BCUT2D eigenvalue weighted by Crippen LogP contribution is -2.28. The molecule has 0 radical (unpaired) electrons. The van der Waals surface area contributed by atoms with Crippen molar-refractivity contribution in [3.63, 3.8) is 0 Å². The predicted molar refractivity (Wildman–Crippen MR) is 104 cm³/mol. The largest absolute Gasteiger partial charge is 0.451 e. The average Bonchev–Trinajstić information content (AvgIpc) is 3.28. The number of benzene rings is 1. The molecule has 3 aromatic rings. The first-order valence-electron chi connectivity index (χ1n) is 7.71. The van der Waals surface area contributed by atoms with E-state index in [0.717, 1.165) is 16.1 Å². The zero-order chi connectivity index (χ0) is 18.5. The molecule has 0 saturated carbocycles. The van der Waals surface area contributed by atoms with Gasteiger partial charge in [0.05, 0.1) is 5.69 Å². The molecule has 0 saturated heterocycles. The van der Waals surface area contributed by atoms with Crippen LogP contribution >= 0.6 is 34.3 Å². The summed E-state index contributed by atoms with van der Waals surface area (Å²) >= 11 is 8.65. The molecule has 2 heterocycles. The number of nitrogens with zero attached hydrogens (tertiary/aromatic N) is 1. The normalized spacial score (nSPS) is 10.5. The van der Waals surface area contributed by atoms with E-state index in [2.05, 4.69) is 10.3 Å². The lowest BCUT2D eigenvalue weighted by molar-refractivity contribution is -0.124. The minimum absolute atomic E-state index is 0.336. The number of rotatable bonds is 6. The van der Waals surface area contributed by atoms with Crippen LogP contribution in [0.3, 0.4) is 0 Å². The highest BCUT2D eigenvalue weighted by atomic mass is 35.5. The van der Waals surface area contributed by atoms with Gasteiger partial charge in [0.2, 0.25) is 0 Å². The van der Waals surface area contributed by atoms with Crippen molar-refractivity contribution < 1.29 is 14.3 Å². The molecule has 2 aromatic heterocycles. The van der Waals surface area contributed by atoms with E-state index < -0.39 is 5.97 Å². The minimum Gasteiger partial charge on any atom is -0.451 e. The molecule has 0 atom stereocenters. The first-order valence-corrected chi connectivity index (χ1v) is 9.85. The highest BCUT2D eigenvalue weighted by molar-refractivity contribution is 7.17. The average molecular weight is 407 g/mol. The zero-order valence-electron chi connectivity index (χ0n) is 13.8. The third kappa shape index (κ3) is 4.69. The maximum atomic E-state index is 12.2. The van der Waals surface area contributed by atoms with Gasteiger partial charge in [0.1, 0.15) is 9.88 Å². The fraction of sp³-hybridized carbons (Fsp3) is 0.167. The molecule has 0 aliphatic heterocycles. The molecule has 8 heteroatoms. The maximum Gasteiger partial charge on any atom is 0.350 e. The van der Waals surface area contributed by atoms with Gasteiger partial charge < -0.3 is 10.1 Å². The van der Waals surface area contributed by atoms with Crippen LogP contribution in [0.25, 0.3) is 10.6 Å². The van der Waals surface area contributed by atoms with Gasteiger partial charge in [-0.1, -0.05) is 23.7 Å². The van der Waals surface area contributed by atoms with Crippen LogP contribution in [-0.4, -0.2) is 23.5 Å². The Bertz CT molecular complexity index is 905. The van der Waals surface area contributed by atoms with E-state index in [9.17, 15) is 9.59 Å². The first-order chi connectivity index (χ1) is 12.5. The topological polar surface area (TPSA) is 68.3 Å². The van der Waals surface area contributed by atoms with E-state index >= 15 is 0 Å². The Morgan fingerprint density at radius 2 is 2.00 bits per heavy atom. The van der Waals surface area contributed by atoms with Crippen molar-refractivity contribution >= 4 is 46.2 Å². The molecule has 1 N–H and O–H groups in total. The van der Waals surface area contributed by atoms with Crippen molar-refractivity contribution in [1.82, 2.24) is 10.3 Å². The number of carbonyl (C=O) groups is 2. The van der Waals surface area contributed by atoms with E-state index in [1.807, 2.05) is 29.0 Å². The second kappa shape index (κ2) is 8.44. The smallest absolute Gasteiger partial charge is 0.350 e. The second-order valence-electron chi connectivity index (χ2n) is 5.42. The van der Waals surface area contributed by atoms with Crippen LogP contribution in [0.2, 0.25) is 5.02 Å². The van der Waals surface area contributed by atoms with Crippen LogP contribution in [0.5, 0.6) is 0 Å². The van der Waals surface area contributed by atoms with Crippen LogP contribution in [-0.2, 0) is 16.1 Å². The predicted octanol–water partition coefficient (Wildman–Crippen LogP) is 4.31. The van der Waals surface area contributed by atoms with E-state index in [1.54, 1.807) is 30.4 Å². The molecule has 0 aliphatic rings. The molecule has 5 nitrogen and oxygen atoms in total. The van der Waals surface area contributed by atoms with Crippen molar-refractivity contribution in [2.75, 3.05) is 6.61 Å². The Morgan fingerprint density at radius 3 is 2.69 bits per heavy atom. The summed E-state index contributed by atoms with van der Waals surface area (Å²) in [6, 6.07) is 9.09. The summed E-state index contributed by atoms with van der Waals surface area (Å²) < 4.78 is 5.11. The number of carbonyl (C=O) groups excluding carboxylic acids is 2. The number of halogens is 1. The third-order valence-corrected chi connectivity index (χ3v) is 5.61. The summed E-state index contributed by atoms with van der Waals surface area (Å²) in [7, 11) is 0. The number of thiophene rings is 1. The molecule has 26 heavy (non-hydrogen) atoms. The molecule has 0 aliphatic carbocycles. The number of ether oxygens (including phenoxy) is 1. The van der Waals surface area contributed by atoms with Gasteiger partial charge in [-0.2, -0.15) is 11.3 Å². The molecule has 1 amide bonds. The van der Waals surface area contributed by atoms with Crippen molar-refractivity contribution in [3.8, 4) is 10.6 Å². The van der Waals surface area contributed by atoms with Crippen molar-refractivity contribution in [2.24, 2.45) is 0 Å². The fourth-order valence-corrected chi connectivity index (χ4v) is 3.94. The summed E-state index contributed by atoms with van der Waals surface area (Å²) in [6.45, 7) is 1.76. The number of nitrogens with one attached hydrogen (secondary N) is 1. The molecular weight excluding hydrogens is 392 g/mol. The quantitative estimate of drug-likeness (QED) is 0.619. The SMILES string of the molecule is Cc1nc(-c2ccsc2)sc1C(=O)OCC(=O)NCc1ccc(Cl)cc1. The Hall–Kier alpha value is -2.22. The highest BCUT2D eigenvalue weighted by Crippen LogP contribution is 2.29. The van der Waals surface area contributed by atoms with Gasteiger partial charge in [0, 0.05) is 22.5 Å². The van der Waals surface area contributed by atoms with Crippen LogP contribution in [0.4, 0.5) is 0 Å². The van der Waals surface area contributed by atoms with Crippen molar-refractivity contribution in [3.05, 3.63) is 62.2 Å². The summed E-state index contributed by atoms with van der Waals surface area (Å²) in [5, 5.41) is 8.02. The summed E-state index contributed by atoms with van der Waals surface area (Å²) in [4.78, 5) is 28.9. The molecule has 0 unspecified atom stereocenters. The number of esters is 1. The van der Waals surface area contributed by atoms with Gasteiger partial charge in [0.25, 0.3) is 5.91 Å². The summed E-state index contributed by atoms with van der Waals surface area (Å²) in [5.74, 6) is -0.906. The van der Waals surface area contributed by atoms with Crippen molar-refractivity contribution in [2.45, 2.75) is 13.5 Å². The fourth-order valence-electron chi connectivity index (χ4n) is 2.15. The van der Waals surface area contributed by atoms with Gasteiger partial charge in [0.15, 0.2) is 6.61 Å². The number of aryl methyl sites for hydroxylation is 1. The Morgan fingerprint density at radius 1 is 1.23 bits per heavy atom. The lowest BCUT2D eigenvalue weighted by atomic mass is 10.2. The lowest BCUT2D eigenvalue weighted by Gasteiger charge is -2.06. The van der Waals surface area contributed by atoms with Crippen LogP contribution in [0.15, 0.2) is 41.1 Å². The number of hydrogen-bond acceptors (Lipinski definition) is 6. The van der Waals surface area contributed by atoms with E-state index in [1.165, 1.54) is 11.3 Å². The summed E-state index contributed by atoms with van der Waals surface area (Å²) in [6.07, 6.45) is 0. The number of thiazole rings is 1. The van der Waals surface area contributed by atoms with E-state index in [4.69, 9.17) is 16.3 Å². The number of hydrogen-bond donors (Lipinski definition) is 1. The van der Waals surface area contributed by atoms with E-state index in [0.29, 0.717) is 22.1 Å². The number of amides is 1. The molecule has 0 bridgehead atoms. The monoisotopic (exact) mass is 406 g/mol. The van der Waals surface area contributed by atoms with Crippen LogP contribution < -0.4 is 5.32 Å². The Labute approximate surface area is 163 Å². The van der Waals surface area contributed by atoms with Gasteiger partial charge in [-0.3, -0.25) is 4.79 Å². The van der Waals surface area contributed by atoms with Gasteiger partial charge in [-0.05, 0) is 36.1 Å². The van der Waals surface area contributed by atoms with Gasteiger partial charge >= 0.3 is 5.97 Å². The van der Waals surface area contributed by atoms with Gasteiger partial charge in [-0.15, -0.1) is 11.3 Å². The number of aromatic nitrogens is 1. The van der Waals surface area contributed by atoms with E-state index in [-0.39, 0.29) is 12.5 Å². The Balaban J connectivity index is 1.52. The van der Waals surface area contributed by atoms with Gasteiger partial charge in [-0.25, -0.2) is 9.78 Å². The Kier molecular flexibility index (Phi) is 6.03. The second-order valence-corrected chi connectivity index (χ2v) is 7.64. The van der Waals surface area contributed by atoms with Crippen molar-refractivity contribution in [1.29, 1.82) is 0 Å². The first kappa shape index (κ1) is 18.6. The summed E-state index contributed by atoms with van der Waals surface area (Å²) in [5.41, 5.74) is 2.48. The molecule has 0 fully saturated rings. The standard InChI is InChI=1S/C18H15ClN2O3S2/c1-11-16(26-17(21-11)13-6-7-25-10-13)18(23)24-9-15(22)20-8-12-2-4-14(19)5-3-12/h2-7,10H,8-9H2,1H3,(H,20,22). The minimum atomic E-state index is -0.539.